The Bertz CT molecular complexity index is 1080. The van der Waals surface area contributed by atoms with Crippen molar-refractivity contribution in [3.8, 4) is 17.5 Å². The number of nitriles is 1. The molecule has 0 saturated carbocycles. The quantitative estimate of drug-likeness (QED) is 0.616. The molecule has 2 amide bonds. The number of oxazole rings is 1. The third kappa shape index (κ3) is 5.43. The second kappa shape index (κ2) is 9.96. The number of piperidine rings is 1. The molecule has 0 aliphatic carbocycles. The van der Waals surface area contributed by atoms with Crippen molar-refractivity contribution in [1.29, 1.82) is 5.26 Å². The molecule has 1 aliphatic heterocycles. The molecule has 0 spiro atoms. The predicted octanol–water partition coefficient (Wildman–Crippen LogP) is 3.86. The van der Waals surface area contributed by atoms with Gasteiger partial charge in [0.25, 0.3) is 0 Å². The first-order valence-corrected chi connectivity index (χ1v) is 10.6. The van der Waals surface area contributed by atoms with Crippen LogP contribution < -0.4 is 15.5 Å². The molecule has 32 heavy (non-hydrogen) atoms. The number of carbonyl (C=O) groups excluding carboxylic acids is 1. The topological polar surface area (TPSA) is 94.2 Å². The number of urea groups is 1. The number of nitrogens with zero attached hydrogens (tertiary/aromatic N) is 3. The smallest absolute Gasteiger partial charge is 0.315 e. The number of halogens is 1. The summed E-state index contributed by atoms with van der Waals surface area (Å²) in [6, 6.07) is 15.6. The van der Waals surface area contributed by atoms with Crippen molar-refractivity contribution < 1.29 is 13.6 Å². The first-order chi connectivity index (χ1) is 15.6. The predicted molar refractivity (Wildman–Crippen MR) is 119 cm³/mol. The van der Waals surface area contributed by atoms with Crippen LogP contribution in [0.25, 0.3) is 11.5 Å². The van der Waals surface area contributed by atoms with Gasteiger partial charge in [-0.15, -0.1) is 0 Å². The Balaban J connectivity index is 1.17. The molecule has 1 aliphatic rings. The minimum absolute atomic E-state index is 0.127. The molecule has 2 heterocycles. The molecule has 0 bridgehead atoms. The number of carbonyl (C=O) groups is 1. The Hall–Kier alpha value is -3.86. The number of anilines is 1. The molecule has 0 radical (unpaired) electrons. The van der Waals surface area contributed by atoms with Crippen LogP contribution >= 0.6 is 0 Å². The van der Waals surface area contributed by atoms with Crippen molar-refractivity contribution in [2.45, 2.75) is 25.3 Å². The summed E-state index contributed by atoms with van der Waals surface area (Å²) in [5, 5.41) is 14.8. The van der Waals surface area contributed by atoms with E-state index in [1.807, 2.05) is 24.3 Å². The average molecular weight is 433 g/mol. The van der Waals surface area contributed by atoms with Crippen LogP contribution in [0.5, 0.6) is 0 Å². The number of aromatic nitrogens is 1. The molecule has 7 nitrogen and oxygen atoms in total. The molecule has 164 valence electrons. The normalized spacial score (nSPS) is 14.1. The number of nitrogens with one attached hydrogen (secondary N) is 2. The van der Waals surface area contributed by atoms with Gasteiger partial charge in [-0.3, -0.25) is 0 Å². The molecule has 0 unspecified atom stereocenters. The van der Waals surface area contributed by atoms with E-state index in [2.05, 4.69) is 26.6 Å². The Morgan fingerprint density at radius 2 is 1.88 bits per heavy atom. The molecule has 1 aromatic heterocycles. The summed E-state index contributed by atoms with van der Waals surface area (Å²) >= 11 is 0. The van der Waals surface area contributed by atoms with Crippen molar-refractivity contribution >= 4 is 11.7 Å². The monoisotopic (exact) mass is 433 g/mol. The third-order valence-corrected chi connectivity index (χ3v) is 5.50. The van der Waals surface area contributed by atoms with Gasteiger partial charge in [0.05, 0.1) is 17.3 Å². The van der Waals surface area contributed by atoms with Gasteiger partial charge in [-0.2, -0.15) is 5.26 Å². The fourth-order valence-corrected chi connectivity index (χ4v) is 3.72. The van der Waals surface area contributed by atoms with Crippen LogP contribution in [-0.2, 0) is 6.42 Å². The van der Waals surface area contributed by atoms with Crippen LogP contribution in [0, 0.1) is 17.1 Å². The highest BCUT2D eigenvalue weighted by molar-refractivity contribution is 5.74. The number of hydrogen-bond acceptors (Lipinski definition) is 5. The van der Waals surface area contributed by atoms with E-state index in [0.717, 1.165) is 37.3 Å². The average Bonchev–Trinajstić information content (AvgIpc) is 3.29. The molecule has 8 heteroatoms. The molecule has 0 atom stereocenters. The zero-order chi connectivity index (χ0) is 22.3. The highest BCUT2D eigenvalue weighted by atomic mass is 19.1. The van der Waals surface area contributed by atoms with Crippen LogP contribution in [0.15, 0.2) is 59.2 Å². The second-order valence-electron chi connectivity index (χ2n) is 7.72. The van der Waals surface area contributed by atoms with Gasteiger partial charge in [0.1, 0.15) is 12.1 Å². The lowest BCUT2D eigenvalue weighted by atomic mass is 10.0. The SMILES string of the molecule is N#Cc1ccc(N2CCC(NC(=O)NCCc3coc(-c4ccc(F)cc4)n3)CC2)cc1. The lowest BCUT2D eigenvalue weighted by molar-refractivity contribution is 0.234. The zero-order valence-electron chi connectivity index (χ0n) is 17.6. The number of amides is 2. The fourth-order valence-electron chi connectivity index (χ4n) is 3.72. The Kier molecular flexibility index (Phi) is 6.66. The summed E-state index contributed by atoms with van der Waals surface area (Å²) < 4.78 is 18.5. The van der Waals surface area contributed by atoms with Crippen LogP contribution in [0.3, 0.4) is 0 Å². The van der Waals surface area contributed by atoms with Crippen LogP contribution in [-0.4, -0.2) is 36.7 Å². The van der Waals surface area contributed by atoms with Crippen LogP contribution in [0.1, 0.15) is 24.1 Å². The molecule has 1 fully saturated rings. The maximum atomic E-state index is 13.0. The van der Waals surface area contributed by atoms with E-state index in [-0.39, 0.29) is 17.9 Å². The highest BCUT2D eigenvalue weighted by Gasteiger charge is 2.21. The summed E-state index contributed by atoms with van der Waals surface area (Å²) in [7, 11) is 0. The van der Waals surface area contributed by atoms with Crippen LogP contribution in [0.4, 0.5) is 14.9 Å². The molecule has 3 aromatic rings. The van der Waals surface area contributed by atoms with Gasteiger partial charge in [-0.05, 0) is 61.4 Å². The van der Waals surface area contributed by atoms with E-state index in [4.69, 9.17) is 9.68 Å². The minimum Gasteiger partial charge on any atom is -0.444 e. The minimum atomic E-state index is -0.310. The van der Waals surface area contributed by atoms with Gasteiger partial charge in [-0.25, -0.2) is 14.2 Å². The first-order valence-electron chi connectivity index (χ1n) is 10.6. The van der Waals surface area contributed by atoms with Gasteiger partial charge in [0.15, 0.2) is 0 Å². The van der Waals surface area contributed by atoms with E-state index >= 15 is 0 Å². The lowest BCUT2D eigenvalue weighted by Crippen LogP contribution is -2.48. The largest absolute Gasteiger partial charge is 0.444 e. The second-order valence-corrected chi connectivity index (χ2v) is 7.72. The zero-order valence-corrected chi connectivity index (χ0v) is 17.6. The molecule has 2 N–H and O–H groups in total. The Morgan fingerprint density at radius 3 is 2.56 bits per heavy atom. The fraction of sp³-hybridized carbons (Fsp3) is 0.292. The highest BCUT2D eigenvalue weighted by Crippen LogP contribution is 2.21. The number of hydrogen-bond donors (Lipinski definition) is 2. The van der Waals surface area contributed by atoms with Crippen molar-refractivity contribution in [2.75, 3.05) is 24.5 Å². The molecular weight excluding hydrogens is 409 g/mol. The van der Waals surface area contributed by atoms with Gasteiger partial charge in [0, 0.05) is 43.3 Å². The van der Waals surface area contributed by atoms with E-state index in [0.29, 0.717) is 30.0 Å². The summed E-state index contributed by atoms with van der Waals surface area (Å²) in [4.78, 5) is 18.9. The first kappa shape index (κ1) is 21.4. The van der Waals surface area contributed by atoms with Gasteiger partial charge in [-0.1, -0.05) is 0 Å². The van der Waals surface area contributed by atoms with Gasteiger partial charge >= 0.3 is 6.03 Å². The lowest BCUT2D eigenvalue weighted by Gasteiger charge is -2.34. The van der Waals surface area contributed by atoms with E-state index < -0.39 is 0 Å². The van der Waals surface area contributed by atoms with E-state index in [9.17, 15) is 9.18 Å². The van der Waals surface area contributed by atoms with E-state index in [1.54, 1.807) is 18.4 Å². The van der Waals surface area contributed by atoms with Crippen molar-refractivity contribution in [2.24, 2.45) is 0 Å². The molecule has 1 saturated heterocycles. The summed E-state index contributed by atoms with van der Waals surface area (Å²) in [5.74, 6) is 0.120. The van der Waals surface area contributed by atoms with Gasteiger partial charge in [0.2, 0.25) is 5.89 Å². The summed E-state index contributed by atoms with van der Waals surface area (Å²) in [6.07, 6.45) is 3.81. The standard InChI is InChI=1S/C24H24FN5O2/c25-19-5-3-18(4-6-19)23-28-21(16-32-23)9-12-27-24(31)29-20-10-13-30(14-11-20)22-7-1-17(15-26)2-8-22/h1-8,16,20H,9-14H2,(H2,27,29,31). The third-order valence-electron chi connectivity index (χ3n) is 5.50. The summed E-state index contributed by atoms with van der Waals surface area (Å²) in [6.45, 7) is 2.13. The maximum Gasteiger partial charge on any atom is 0.315 e. The van der Waals surface area contributed by atoms with E-state index in [1.165, 1.54) is 12.1 Å². The molecule has 4 rings (SSSR count). The Labute approximate surface area is 185 Å². The Morgan fingerprint density at radius 1 is 1.16 bits per heavy atom. The van der Waals surface area contributed by atoms with Crippen molar-refractivity contribution in [3.63, 3.8) is 0 Å². The maximum absolute atomic E-state index is 13.0. The van der Waals surface area contributed by atoms with Crippen molar-refractivity contribution in [3.05, 3.63) is 71.9 Å². The summed E-state index contributed by atoms with van der Waals surface area (Å²) in [5.41, 5.74) is 3.18. The molecular formula is C24H24FN5O2. The number of benzene rings is 2. The van der Waals surface area contributed by atoms with Crippen molar-refractivity contribution in [1.82, 2.24) is 15.6 Å². The number of rotatable bonds is 6. The van der Waals surface area contributed by atoms with Gasteiger partial charge < -0.3 is 20.0 Å². The molecule has 2 aromatic carbocycles. The van der Waals surface area contributed by atoms with Crippen LogP contribution in [0.2, 0.25) is 0 Å².